The van der Waals surface area contributed by atoms with E-state index in [1.54, 1.807) is 12.1 Å². The number of hydrogen-bond acceptors (Lipinski definition) is 4. The van der Waals surface area contributed by atoms with Crippen molar-refractivity contribution in [3.63, 3.8) is 0 Å². The third kappa shape index (κ3) is 3.95. The van der Waals surface area contributed by atoms with Gasteiger partial charge in [0.2, 0.25) is 11.6 Å². The Morgan fingerprint density at radius 2 is 1.18 bits per heavy atom. The highest BCUT2D eigenvalue weighted by molar-refractivity contribution is 6.23. The smallest absolute Gasteiger partial charge is 0.290 e. The number of imide groups is 1. The van der Waals surface area contributed by atoms with Gasteiger partial charge in [-0.3, -0.25) is 24.5 Å². The molecule has 192 valence electrons. The lowest BCUT2D eigenvalue weighted by Gasteiger charge is -2.17. The van der Waals surface area contributed by atoms with Gasteiger partial charge in [0.25, 0.3) is 17.9 Å². The summed E-state index contributed by atoms with van der Waals surface area (Å²) >= 11 is 0. The predicted molar refractivity (Wildman–Crippen MR) is 143 cm³/mol. The molecule has 3 aromatic rings. The van der Waals surface area contributed by atoms with E-state index >= 15 is 0 Å². The first-order valence-corrected chi connectivity index (χ1v) is 12.6. The van der Waals surface area contributed by atoms with Gasteiger partial charge < -0.3 is 0 Å². The Balaban J connectivity index is 1.84. The molecule has 0 saturated carbocycles. The molecule has 2 heterocycles. The van der Waals surface area contributed by atoms with E-state index in [9.17, 15) is 19.2 Å². The first-order chi connectivity index (χ1) is 18.0. The van der Waals surface area contributed by atoms with Crippen molar-refractivity contribution in [3.05, 3.63) is 104 Å². The molecule has 2 saturated heterocycles. The van der Waals surface area contributed by atoms with E-state index in [0.29, 0.717) is 22.4 Å². The zero-order chi connectivity index (χ0) is 27.5. The van der Waals surface area contributed by atoms with Crippen LogP contribution < -0.4 is 10.7 Å². The Kier molecular flexibility index (Phi) is 6.10. The summed E-state index contributed by atoms with van der Waals surface area (Å²) < 4.78 is 1.48. The van der Waals surface area contributed by atoms with Crippen LogP contribution in [0.15, 0.2) is 48.5 Å². The summed E-state index contributed by atoms with van der Waals surface area (Å²) in [4.78, 5) is 52.5. The van der Waals surface area contributed by atoms with Crippen LogP contribution in [0.5, 0.6) is 0 Å². The molecule has 0 bridgehead atoms. The van der Waals surface area contributed by atoms with E-state index in [2.05, 4.69) is 10.7 Å². The molecule has 2 fully saturated rings. The molecule has 2 unspecified atom stereocenters. The Bertz CT molecular complexity index is 1570. The van der Waals surface area contributed by atoms with Crippen LogP contribution in [0.25, 0.3) is 0 Å². The van der Waals surface area contributed by atoms with Crippen LogP contribution >= 0.6 is 0 Å². The van der Waals surface area contributed by atoms with Gasteiger partial charge in [-0.15, -0.1) is 5.43 Å². The first-order valence-electron chi connectivity index (χ1n) is 12.6. The molecule has 0 aliphatic carbocycles. The Hall–Kier alpha value is -4.39. The van der Waals surface area contributed by atoms with Crippen molar-refractivity contribution in [1.29, 1.82) is 0 Å². The largest absolute Gasteiger partial charge is 0.299 e. The normalized spacial score (nSPS) is 19.8. The van der Waals surface area contributed by atoms with Crippen LogP contribution in [-0.2, 0) is 14.4 Å². The molecule has 0 spiro atoms. The van der Waals surface area contributed by atoms with Crippen LogP contribution in [0, 0.1) is 47.5 Å². The van der Waals surface area contributed by atoms with Crippen molar-refractivity contribution < 1.29 is 23.9 Å². The van der Waals surface area contributed by atoms with E-state index in [0.717, 1.165) is 38.9 Å². The summed E-state index contributed by atoms with van der Waals surface area (Å²) in [6.45, 7) is 11.8. The van der Waals surface area contributed by atoms with Crippen LogP contribution in [0.2, 0.25) is 0 Å². The standard InChI is InChI=1S/C31H29N3O4/c1-15-11-17(3)23(18(4)12-15)26(34-27-25(30(37)33-34)29(36)32-31(27)38)21-9-7-8-10-22(21)28(35)24-19(5)13-16(2)14-20(24)6/h7-14,25,27H,1-6H3,(H-,32,33,35,36,37,38)/p+1. The van der Waals surface area contributed by atoms with Gasteiger partial charge >= 0.3 is 0 Å². The minimum absolute atomic E-state index is 0.149. The molecular weight excluding hydrogens is 478 g/mol. The van der Waals surface area contributed by atoms with Crippen molar-refractivity contribution in [1.82, 2.24) is 10.7 Å². The highest BCUT2D eigenvalue weighted by atomic mass is 16.2. The quantitative estimate of drug-likeness (QED) is 0.245. The number of benzene rings is 3. The molecule has 7 heteroatoms. The summed E-state index contributed by atoms with van der Waals surface area (Å²) in [6, 6.07) is 14.2. The highest BCUT2D eigenvalue weighted by Gasteiger charge is 2.61. The summed E-state index contributed by atoms with van der Waals surface area (Å²) in [5, 5.41) is 2.30. The molecular formula is C31H30N3O4+. The molecule has 2 atom stereocenters. The molecule has 2 N–H and O–H groups in total. The minimum atomic E-state index is -1.16. The number of carbonyl (C=O) groups excluding carboxylic acids is 4. The summed E-state index contributed by atoms with van der Waals surface area (Å²) in [6.07, 6.45) is 0. The second-order valence-corrected chi connectivity index (χ2v) is 10.4. The van der Waals surface area contributed by atoms with E-state index in [4.69, 9.17) is 0 Å². The lowest BCUT2D eigenvalue weighted by Crippen LogP contribution is -2.42. The summed E-state index contributed by atoms with van der Waals surface area (Å²) in [5.74, 6) is -3.02. The zero-order valence-corrected chi connectivity index (χ0v) is 22.4. The van der Waals surface area contributed by atoms with Gasteiger partial charge in [-0.2, -0.15) is 0 Å². The third-order valence-electron chi connectivity index (χ3n) is 7.39. The predicted octanol–water partition coefficient (Wildman–Crippen LogP) is 3.30. The van der Waals surface area contributed by atoms with Crippen molar-refractivity contribution in [2.24, 2.45) is 5.92 Å². The van der Waals surface area contributed by atoms with Crippen LogP contribution in [0.4, 0.5) is 0 Å². The molecule has 3 amide bonds. The molecule has 5 rings (SSSR count). The Morgan fingerprint density at radius 3 is 1.74 bits per heavy atom. The number of hydrazine groups is 1. The van der Waals surface area contributed by atoms with Crippen LogP contribution in [-0.4, -0.2) is 39.9 Å². The fourth-order valence-electron chi connectivity index (χ4n) is 6.05. The van der Waals surface area contributed by atoms with Crippen molar-refractivity contribution in [2.45, 2.75) is 47.6 Å². The number of nitrogens with one attached hydrogen (secondary N) is 2. The fourth-order valence-corrected chi connectivity index (χ4v) is 6.05. The SMILES string of the molecule is Cc1cc(C)c(C(=O)c2ccccc2/C(c2c(C)cc(C)cc2C)=[N+]2\NC(=O)C3C(=O)NC(=O)C32)c(C)c1. The van der Waals surface area contributed by atoms with Crippen LogP contribution in [0.1, 0.15) is 60.4 Å². The Labute approximate surface area is 221 Å². The number of aryl methyl sites for hydroxylation is 6. The Morgan fingerprint density at radius 1 is 0.684 bits per heavy atom. The molecule has 0 radical (unpaired) electrons. The van der Waals surface area contributed by atoms with Crippen molar-refractivity contribution in [2.75, 3.05) is 0 Å². The van der Waals surface area contributed by atoms with Gasteiger partial charge in [0.05, 0.1) is 11.1 Å². The fraction of sp³-hybridized carbons (Fsp3) is 0.258. The average Bonchev–Trinajstić information content (AvgIpc) is 3.32. The lowest BCUT2D eigenvalue weighted by atomic mass is 9.86. The summed E-state index contributed by atoms with van der Waals surface area (Å²) in [5.41, 5.74) is 11.5. The first kappa shape index (κ1) is 25.3. The van der Waals surface area contributed by atoms with E-state index in [1.807, 2.05) is 77.9 Å². The molecule has 7 nitrogen and oxygen atoms in total. The van der Waals surface area contributed by atoms with Gasteiger partial charge in [-0.25, -0.2) is 0 Å². The topological polar surface area (TPSA) is 95.3 Å². The maximum atomic E-state index is 14.2. The number of hydrazone groups is 1. The summed E-state index contributed by atoms with van der Waals surface area (Å²) in [7, 11) is 0. The van der Waals surface area contributed by atoms with Gasteiger partial charge in [0.15, 0.2) is 11.7 Å². The number of carbonyl (C=O) groups is 4. The molecule has 38 heavy (non-hydrogen) atoms. The molecule has 2 aliphatic heterocycles. The maximum absolute atomic E-state index is 14.2. The number of ketones is 1. The highest BCUT2D eigenvalue weighted by Crippen LogP contribution is 2.29. The number of fused-ring (bicyclic) bond motifs is 1. The second kappa shape index (κ2) is 9.17. The van der Waals surface area contributed by atoms with E-state index in [1.165, 1.54) is 4.68 Å². The van der Waals surface area contributed by atoms with Crippen molar-refractivity contribution in [3.8, 4) is 0 Å². The number of amides is 3. The second-order valence-electron chi connectivity index (χ2n) is 10.4. The maximum Gasteiger partial charge on any atom is 0.299 e. The van der Waals surface area contributed by atoms with Gasteiger partial charge in [0.1, 0.15) is 0 Å². The lowest BCUT2D eigenvalue weighted by molar-refractivity contribution is -0.581. The van der Waals surface area contributed by atoms with E-state index < -0.39 is 29.7 Å². The van der Waals surface area contributed by atoms with Crippen molar-refractivity contribution >= 4 is 29.2 Å². The molecule has 3 aromatic carbocycles. The molecule has 2 aliphatic rings. The monoisotopic (exact) mass is 508 g/mol. The number of nitrogens with zero attached hydrogens (tertiary/aromatic N) is 1. The minimum Gasteiger partial charge on any atom is -0.290 e. The van der Waals surface area contributed by atoms with Gasteiger partial charge in [-0.05, 0) is 69.9 Å². The van der Waals surface area contributed by atoms with Crippen LogP contribution in [0.3, 0.4) is 0 Å². The van der Waals surface area contributed by atoms with Gasteiger partial charge in [-0.1, -0.05) is 58.3 Å². The number of rotatable bonds is 4. The third-order valence-corrected chi connectivity index (χ3v) is 7.39. The average molecular weight is 509 g/mol. The zero-order valence-electron chi connectivity index (χ0n) is 22.4. The molecule has 0 aromatic heterocycles. The number of hydrogen-bond donors (Lipinski definition) is 2. The van der Waals surface area contributed by atoms with Gasteiger partial charge in [0, 0.05) is 11.1 Å². The van der Waals surface area contributed by atoms with E-state index in [-0.39, 0.29) is 5.78 Å².